The average Bonchev–Trinajstić information content (AvgIpc) is 2.56. The molecule has 2 N–H and O–H groups in total. The molecule has 1 aliphatic heterocycles. The van der Waals surface area contributed by atoms with Gasteiger partial charge in [0.25, 0.3) is 5.91 Å². The molecule has 1 atom stereocenters. The molecule has 0 spiro atoms. The van der Waals surface area contributed by atoms with E-state index >= 15 is 0 Å². The van der Waals surface area contributed by atoms with Crippen molar-refractivity contribution in [1.29, 1.82) is 0 Å². The lowest BCUT2D eigenvalue weighted by Gasteiger charge is -2.21. The number of carbonyl (C=O) groups excluding carboxylic acids is 2. The summed E-state index contributed by atoms with van der Waals surface area (Å²) in [6, 6.07) is 10.0. The molecule has 116 valence electrons. The maximum Gasteiger partial charge on any atom is 0.259 e. The van der Waals surface area contributed by atoms with Crippen molar-refractivity contribution in [1.82, 2.24) is 15.6 Å². The van der Waals surface area contributed by atoms with Crippen LogP contribution in [-0.2, 0) is 4.79 Å². The highest BCUT2D eigenvalue weighted by atomic mass is 35.5. The summed E-state index contributed by atoms with van der Waals surface area (Å²) in [7, 11) is 0. The highest BCUT2D eigenvalue weighted by Gasteiger charge is 2.23. The Balaban J connectivity index is 1.79. The van der Waals surface area contributed by atoms with Crippen molar-refractivity contribution in [3.8, 4) is 0 Å². The van der Waals surface area contributed by atoms with E-state index in [0.717, 1.165) is 5.56 Å². The fourth-order valence-corrected chi connectivity index (χ4v) is 2.34. The van der Waals surface area contributed by atoms with Crippen LogP contribution in [0.5, 0.6) is 0 Å². The predicted octanol–water partition coefficient (Wildman–Crippen LogP) is 2.08. The molecule has 2 amide bonds. The first-order chi connectivity index (χ1) is 11.1. The van der Waals surface area contributed by atoms with Crippen molar-refractivity contribution in [3.63, 3.8) is 0 Å². The van der Waals surface area contributed by atoms with E-state index in [-0.39, 0.29) is 30.2 Å². The number of benzene rings is 1. The monoisotopic (exact) mass is 328 g/mol. The molecule has 0 radical (unpaired) electrons. The number of nitrogens with one attached hydrogen (secondary N) is 2. The highest BCUT2D eigenvalue weighted by molar-refractivity contribution is 6.30. The molecule has 0 aliphatic carbocycles. The smallest absolute Gasteiger partial charge is 0.259 e. The second-order valence-electron chi connectivity index (χ2n) is 4.99. The SMILES string of the molecule is O=C1C[C@@H](c2ccc(Cl)cc2)N=C(NC(=O)c2cccnc2)N1. The van der Waals surface area contributed by atoms with E-state index in [0.29, 0.717) is 10.6 Å². The van der Waals surface area contributed by atoms with E-state index in [2.05, 4.69) is 20.6 Å². The topological polar surface area (TPSA) is 83.5 Å². The fourth-order valence-electron chi connectivity index (χ4n) is 2.21. The first-order valence-corrected chi connectivity index (χ1v) is 7.34. The number of aliphatic imine (C=N–C) groups is 1. The number of guanidine groups is 1. The van der Waals surface area contributed by atoms with Gasteiger partial charge in [0.15, 0.2) is 0 Å². The quantitative estimate of drug-likeness (QED) is 0.885. The molecular weight excluding hydrogens is 316 g/mol. The number of hydrogen-bond acceptors (Lipinski definition) is 4. The van der Waals surface area contributed by atoms with Crippen LogP contribution >= 0.6 is 11.6 Å². The van der Waals surface area contributed by atoms with Crippen LogP contribution in [-0.4, -0.2) is 22.8 Å². The molecule has 1 aromatic heterocycles. The number of halogens is 1. The number of pyridine rings is 1. The summed E-state index contributed by atoms with van der Waals surface area (Å²) in [4.78, 5) is 32.2. The maximum absolute atomic E-state index is 12.1. The normalized spacial score (nSPS) is 17.2. The van der Waals surface area contributed by atoms with Crippen LogP contribution < -0.4 is 10.6 Å². The van der Waals surface area contributed by atoms with E-state index in [9.17, 15) is 9.59 Å². The number of carbonyl (C=O) groups is 2. The van der Waals surface area contributed by atoms with Gasteiger partial charge in [-0.2, -0.15) is 0 Å². The van der Waals surface area contributed by atoms with Crippen molar-refractivity contribution in [2.24, 2.45) is 4.99 Å². The van der Waals surface area contributed by atoms with Gasteiger partial charge >= 0.3 is 0 Å². The minimum atomic E-state index is -0.381. The molecule has 7 heteroatoms. The first kappa shape index (κ1) is 15.2. The molecule has 23 heavy (non-hydrogen) atoms. The van der Waals surface area contributed by atoms with Crippen molar-refractivity contribution in [2.75, 3.05) is 0 Å². The zero-order chi connectivity index (χ0) is 16.2. The summed E-state index contributed by atoms with van der Waals surface area (Å²) < 4.78 is 0. The summed E-state index contributed by atoms with van der Waals surface area (Å²) in [5.41, 5.74) is 1.25. The Morgan fingerprint density at radius 1 is 1.26 bits per heavy atom. The second-order valence-corrected chi connectivity index (χ2v) is 5.43. The van der Waals surface area contributed by atoms with Crippen LogP contribution in [0.15, 0.2) is 53.8 Å². The van der Waals surface area contributed by atoms with Crippen LogP contribution in [0.4, 0.5) is 0 Å². The van der Waals surface area contributed by atoms with E-state index in [4.69, 9.17) is 11.6 Å². The minimum Gasteiger partial charge on any atom is -0.296 e. The Morgan fingerprint density at radius 2 is 2.04 bits per heavy atom. The second kappa shape index (κ2) is 6.58. The molecule has 3 rings (SSSR count). The lowest BCUT2D eigenvalue weighted by atomic mass is 10.0. The first-order valence-electron chi connectivity index (χ1n) is 6.96. The number of hydrogen-bond donors (Lipinski definition) is 2. The van der Waals surface area contributed by atoms with Crippen LogP contribution in [0.25, 0.3) is 0 Å². The largest absolute Gasteiger partial charge is 0.296 e. The third-order valence-electron chi connectivity index (χ3n) is 3.33. The van der Waals surface area contributed by atoms with E-state index < -0.39 is 0 Å². The summed E-state index contributed by atoms with van der Waals surface area (Å²) in [5, 5.41) is 5.76. The third-order valence-corrected chi connectivity index (χ3v) is 3.58. The standard InChI is InChI=1S/C16H13ClN4O2/c17-12-5-3-10(4-6-12)13-8-14(22)20-16(19-13)21-15(23)11-2-1-7-18-9-11/h1-7,9,13H,8H2,(H2,19,20,21,22,23)/t13-/m0/s1. The van der Waals surface area contributed by atoms with Gasteiger partial charge in [0, 0.05) is 17.4 Å². The molecular formula is C16H13ClN4O2. The summed E-state index contributed by atoms with van der Waals surface area (Å²) in [5.74, 6) is -0.453. The van der Waals surface area contributed by atoms with Crippen molar-refractivity contribution < 1.29 is 9.59 Å². The summed E-state index contributed by atoms with van der Waals surface area (Å²) in [6.07, 6.45) is 3.23. The summed E-state index contributed by atoms with van der Waals surface area (Å²) >= 11 is 5.87. The van der Waals surface area contributed by atoms with Crippen molar-refractivity contribution in [3.05, 3.63) is 64.9 Å². The van der Waals surface area contributed by atoms with Crippen LogP contribution in [0.3, 0.4) is 0 Å². The average molecular weight is 329 g/mol. The molecule has 0 saturated heterocycles. The molecule has 1 aromatic carbocycles. The number of nitrogens with zero attached hydrogens (tertiary/aromatic N) is 2. The number of rotatable bonds is 2. The van der Waals surface area contributed by atoms with Gasteiger partial charge in [-0.25, -0.2) is 4.99 Å². The van der Waals surface area contributed by atoms with Crippen LogP contribution in [0.1, 0.15) is 28.4 Å². The Bertz CT molecular complexity index is 759. The third kappa shape index (κ3) is 3.73. The Hall–Kier alpha value is -2.73. The number of aromatic nitrogens is 1. The maximum atomic E-state index is 12.1. The van der Waals surface area contributed by atoms with Gasteiger partial charge in [-0.05, 0) is 29.8 Å². The van der Waals surface area contributed by atoms with Gasteiger partial charge in [0.1, 0.15) is 0 Å². The van der Waals surface area contributed by atoms with Crippen LogP contribution in [0, 0.1) is 0 Å². The highest BCUT2D eigenvalue weighted by Crippen LogP contribution is 2.24. The van der Waals surface area contributed by atoms with Gasteiger partial charge in [-0.1, -0.05) is 23.7 Å². The summed E-state index contributed by atoms with van der Waals surface area (Å²) in [6.45, 7) is 0. The van der Waals surface area contributed by atoms with Crippen LogP contribution in [0.2, 0.25) is 5.02 Å². The van der Waals surface area contributed by atoms with Crippen molar-refractivity contribution >= 4 is 29.4 Å². The molecule has 1 aliphatic rings. The molecule has 0 saturated carbocycles. The van der Waals surface area contributed by atoms with E-state index in [1.807, 2.05) is 12.1 Å². The number of amides is 2. The van der Waals surface area contributed by atoms with Gasteiger partial charge in [-0.3, -0.25) is 25.2 Å². The lowest BCUT2D eigenvalue weighted by Crippen LogP contribution is -2.47. The molecule has 0 unspecified atom stereocenters. The van der Waals surface area contributed by atoms with E-state index in [1.165, 1.54) is 6.20 Å². The predicted molar refractivity (Wildman–Crippen MR) is 86.1 cm³/mol. The molecule has 6 nitrogen and oxygen atoms in total. The van der Waals surface area contributed by atoms with E-state index in [1.54, 1.807) is 30.5 Å². The molecule has 0 fully saturated rings. The van der Waals surface area contributed by atoms with Gasteiger partial charge in [0.2, 0.25) is 11.9 Å². The zero-order valence-corrected chi connectivity index (χ0v) is 12.7. The zero-order valence-electron chi connectivity index (χ0n) is 12.0. The lowest BCUT2D eigenvalue weighted by molar-refractivity contribution is -0.120. The Labute approximate surface area is 137 Å². The van der Waals surface area contributed by atoms with Crippen molar-refractivity contribution in [2.45, 2.75) is 12.5 Å². The van der Waals surface area contributed by atoms with Gasteiger partial charge in [0.05, 0.1) is 18.0 Å². The fraction of sp³-hybridized carbons (Fsp3) is 0.125. The Morgan fingerprint density at radius 3 is 2.74 bits per heavy atom. The minimum absolute atomic E-state index is 0.134. The molecule has 2 aromatic rings. The molecule has 0 bridgehead atoms. The van der Waals surface area contributed by atoms with Gasteiger partial charge in [-0.15, -0.1) is 0 Å². The Kier molecular flexibility index (Phi) is 4.34. The van der Waals surface area contributed by atoms with Gasteiger partial charge < -0.3 is 0 Å². The molecule has 2 heterocycles.